The number of hydrogen-bond donors (Lipinski definition) is 2. The lowest BCUT2D eigenvalue weighted by molar-refractivity contribution is 0.102. The summed E-state index contributed by atoms with van der Waals surface area (Å²) in [6.07, 6.45) is 0. The third-order valence-corrected chi connectivity index (χ3v) is 3.60. The van der Waals surface area contributed by atoms with E-state index < -0.39 is 0 Å². The zero-order valence-corrected chi connectivity index (χ0v) is 13.2. The average Bonchev–Trinajstić information content (AvgIpc) is 3.11. The van der Waals surface area contributed by atoms with E-state index in [1.807, 2.05) is 18.2 Å². The number of aliphatic hydroxyl groups is 1. The molecular formula is C19H17NO4. The summed E-state index contributed by atoms with van der Waals surface area (Å²) in [6.45, 7) is -0.132. The van der Waals surface area contributed by atoms with Crippen LogP contribution in [0.3, 0.4) is 0 Å². The molecule has 3 rings (SSSR count). The van der Waals surface area contributed by atoms with Gasteiger partial charge in [-0.15, -0.1) is 0 Å². The topological polar surface area (TPSA) is 71.7 Å². The van der Waals surface area contributed by atoms with E-state index in [1.165, 1.54) is 7.11 Å². The van der Waals surface area contributed by atoms with Gasteiger partial charge in [0.15, 0.2) is 0 Å². The Morgan fingerprint density at radius 3 is 2.50 bits per heavy atom. The number of carbonyl (C=O) groups is 1. The zero-order chi connectivity index (χ0) is 16.9. The number of furan rings is 1. The number of amides is 1. The summed E-state index contributed by atoms with van der Waals surface area (Å²) >= 11 is 0. The molecule has 0 spiro atoms. The number of hydrogen-bond acceptors (Lipinski definition) is 4. The third-order valence-electron chi connectivity index (χ3n) is 3.60. The van der Waals surface area contributed by atoms with Crippen LogP contribution in [0.2, 0.25) is 0 Å². The van der Waals surface area contributed by atoms with Gasteiger partial charge >= 0.3 is 0 Å². The Balaban J connectivity index is 1.75. The molecule has 0 aliphatic rings. The highest BCUT2D eigenvalue weighted by atomic mass is 16.5. The molecule has 0 aliphatic heterocycles. The molecule has 24 heavy (non-hydrogen) atoms. The van der Waals surface area contributed by atoms with Gasteiger partial charge in [-0.25, -0.2) is 0 Å². The maximum absolute atomic E-state index is 12.4. The van der Waals surface area contributed by atoms with Crippen molar-refractivity contribution in [1.29, 1.82) is 0 Å². The first-order valence-corrected chi connectivity index (χ1v) is 7.45. The summed E-state index contributed by atoms with van der Waals surface area (Å²) in [5.74, 6) is 1.47. The van der Waals surface area contributed by atoms with Crippen LogP contribution < -0.4 is 10.1 Å². The number of methoxy groups -OCH3 is 1. The molecule has 2 N–H and O–H groups in total. The van der Waals surface area contributed by atoms with Crippen LogP contribution in [0, 0.1) is 0 Å². The van der Waals surface area contributed by atoms with Crippen molar-refractivity contribution in [2.75, 3.05) is 12.4 Å². The van der Waals surface area contributed by atoms with Crippen LogP contribution in [-0.2, 0) is 6.61 Å². The number of ether oxygens (including phenoxy) is 1. The summed E-state index contributed by atoms with van der Waals surface area (Å²) in [7, 11) is 1.53. The van der Waals surface area contributed by atoms with Crippen molar-refractivity contribution < 1.29 is 19.1 Å². The first kappa shape index (κ1) is 15.8. The summed E-state index contributed by atoms with van der Waals surface area (Å²) in [5, 5.41) is 11.9. The Morgan fingerprint density at radius 1 is 1.08 bits per heavy atom. The van der Waals surface area contributed by atoms with Gasteiger partial charge in [0.2, 0.25) is 0 Å². The van der Waals surface area contributed by atoms with Gasteiger partial charge in [0.1, 0.15) is 23.9 Å². The Hall–Kier alpha value is -3.05. The molecule has 2 aromatic carbocycles. The molecule has 0 aliphatic carbocycles. The molecule has 1 aromatic heterocycles. The Labute approximate surface area is 139 Å². The van der Waals surface area contributed by atoms with Gasteiger partial charge in [-0.2, -0.15) is 0 Å². The van der Waals surface area contributed by atoms with Gasteiger partial charge in [0, 0.05) is 11.3 Å². The minimum absolute atomic E-state index is 0.132. The number of rotatable bonds is 5. The maximum atomic E-state index is 12.4. The van der Waals surface area contributed by atoms with Crippen LogP contribution >= 0.6 is 0 Å². The molecule has 0 saturated heterocycles. The van der Waals surface area contributed by atoms with Crippen molar-refractivity contribution in [2.45, 2.75) is 6.61 Å². The number of aliphatic hydroxyl groups excluding tert-OH is 1. The second-order valence-electron chi connectivity index (χ2n) is 5.16. The van der Waals surface area contributed by atoms with E-state index in [1.54, 1.807) is 42.5 Å². The Bertz CT molecular complexity index is 837. The standard InChI is InChI=1S/C19H17NO4/c1-23-18-5-3-2-4-16(18)19(22)20-14-8-6-13(7-9-14)17-11-10-15(12-21)24-17/h2-11,21H,12H2,1H3,(H,20,22). The smallest absolute Gasteiger partial charge is 0.259 e. The Kier molecular flexibility index (Phi) is 4.63. The average molecular weight is 323 g/mol. The van der Waals surface area contributed by atoms with Crippen molar-refractivity contribution in [3.63, 3.8) is 0 Å². The molecule has 0 atom stereocenters. The van der Waals surface area contributed by atoms with Gasteiger partial charge in [-0.3, -0.25) is 4.79 Å². The van der Waals surface area contributed by atoms with Crippen LogP contribution in [0.5, 0.6) is 5.75 Å². The van der Waals surface area contributed by atoms with Crippen LogP contribution in [0.15, 0.2) is 65.1 Å². The summed E-state index contributed by atoms with van der Waals surface area (Å²) in [6, 6.07) is 17.9. The van der Waals surface area contributed by atoms with Crippen molar-refractivity contribution in [3.8, 4) is 17.1 Å². The number of nitrogens with one attached hydrogen (secondary N) is 1. The van der Waals surface area contributed by atoms with E-state index in [0.717, 1.165) is 5.56 Å². The van der Waals surface area contributed by atoms with Crippen LogP contribution in [0.25, 0.3) is 11.3 Å². The maximum Gasteiger partial charge on any atom is 0.259 e. The Morgan fingerprint density at radius 2 is 1.83 bits per heavy atom. The number of anilines is 1. The molecule has 3 aromatic rings. The monoisotopic (exact) mass is 323 g/mol. The normalized spacial score (nSPS) is 10.4. The molecule has 1 heterocycles. The van der Waals surface area contributed by atoms with E-state index in [-0.39, 0.29) is 12.5 Å². The molecule has 5 heteroatoms. The highest BCUT2D eigenvalue weighted by Gasteiger charge is 2.12. The fourth-order valence-electron chi connectivity index (χ4n) is 2.37. The van der Waals surface area contributed by atoms with E-state index in [2.05, 4.69) is 5.32 Å². The van der Waals surface area contributed by atoms with Gasteiger partial charge in [-0.05, 0) is 48.5 Å². The predicted octanol–water partition coefficient (Wildman–Crippen LogP) is 3.70. The first-order chi connectivity index (χ1) is 11.7. The quantitative estimate of drug-likeness (QED) is 0.751. The van der Waals surface area contributed by atoms with E-state index in [9.17, 15) is 4.79 Å². The van der Waals surface area contributed by atoms with Crippen LogP contribution in [-0.4, -0.2) is 18.1 Å². The summed E-state index contributed by atoms with van der Waals surface area (Å²) < 4.78 is 10.7. The second kappa shape index (κ2) is 7.02. The molecular weight excluding hydrogens is 306 g/mol. The molecule has 122 valence electrons. The number of para-hydroxylation sites is 1. The lowest BCUT2D eigenvalue weighted by Crippen LogP contribution is -2.12. The minimum atomic E-state index is -0.235. The lowest BCUT2D eigenvalue weighted by Gasteiger charge is -2.09. The largest absolute Gasteiger partial charge is 0.496 e. The predicted molar refractivity (Wildman–Crippen MR) is 91.0 cm³/mol. The fraction of sp³-hybridized carbons (Fsp3) is 0.105. The summed E-state index contributed by atoms with van der Waals surface area (Å²) in [5.41, 5.74) is 2.01. The van der Waals surface area contributed by atoms with Gasteiger partial charge in [-0.1, -0.05) is 12.1 Å². The SMILES string of the molecule is COc1ccccc1C(=O)Nc1ccc(-c2ccc(CO)o2)cc1. The third kappa shape index (κ3) is 3.31. The van der Waals surface area contributed by atoms with Crippen LogP contribution in [0.1, 0.15) is 16.1 Å². The lowest BCUT2D eigenvalue weighted by atomic mass is 10.1. The molecule has 5 nitrogen and oxygen atoms in total. The van der Waals surface area contributed by atoms with Gasteiger partial charge < -0.3 is 19.6 Å². The van der Waals surface area contributed by atoms with Gasteiger partial charge in [0.05, 0.1) is 12.7 Å². The van der Waals surface area contributed by atoms with E-state index in [0.29, 0.717) is 28.5 Å². The van der Waals surface area contributed by atoms with Crippen molar-refractivity contribution in [3.05, 3.63) is 72.0 Å². The number of benzene rings is 2. The van der Waals surface area contributed by atoms with Crippen LogP contribution in [0.4, 0.5) is 5.69 Å². The number of carbonyl (C=O) groups excluding carboxylic acids is 1. The zero-order valence-electron chi connectivity index (χ0n) is 13.2. The minimum Gasteiger partial charge on any atom is -0.496 e. The molecule has 1 amide bonds. The molecule has 0 bridgehead atoms. The van der Waals surface area contributed by atoms with E-state index in [4.69, 9.17) is 14.3 Å². The van der Waals surface area contributed by atoms with E-state index >= 15 is 0 Å². The fourth-order valence-corrected chi connectivity index (χ4v) is 2.37. The molecule has 0 unspecified atom stereocenters. The highest BCUT2D eigenvalue weighted by molar-refractivity contribution is 6.06. The van der Waals surface area contributed by atoms with Gasteiger partial charge in [0.25, 0.3) is 5.91 Å². The highest BCUT2D eigenvalue weighted by Crippen LogP contribution is 2.25. The van der Waals surface area contributed by atoms with Crippen molar-refractivity contribution >= 4 is 11.6 Å². The molecule has 0 saturated carbocycles. The second-order valence-corrected chi connectivity index (χ2v) is 5.16. The first-order valence-electron chi connectivity index (χ1n) is 7.45. The molecule has 0 radical (unpaired) electrons. The van der Waals surface area contributed by atoms with Crippen molar-refractivity contribution in [1.82, 2.24) is 0 Å². The summed E-state index contributed by atoms with van der Waals surface area (Å²) in [4.78, 5) is 12.4. The molecule has 0 fully saturated rings. The van der Waals surface area contributed by atoms with Crippen molar-refractivity contribution in [2.24, 2.45) is 0 Å².